The number of aliphatic hydroxyl groups is 1. The van der Waals surface area contributed by atoms with Crippen LogP contribution in [0.15, 0.2) is 24.3 Å². The maximum absolute atomic E-state index is 12.3. The Hall–Kier alpha value is -1.06. The molecule has 1 aromatic carbocycles. The molecule has 0 spiro atoms. The summed E-state index contributed by atoms with van der Waals surface area (Å²) in [6.07, 6.45) is 3.88. The normalized spacial score (nSPS) is 28.1. The fraction of sp³-hybridized carbons (Fsp3) is 0.533. The zero-order chi connectivity index (χ0) is 13.5. The van der Waals surface area contributed by atoms with E-state index in [0.29, 0.717) is 5.02 Å². The summed E-state index contributed by atoms with van der Waals surface area (Å²) in [5, 5.41) is 13.6. The minimum Gasteiger partial charge on any atom is -0.392 e. The first kappa shape index (κ1) is 12.9. The zero-order valence-corrected chi connectivity index (χ0v) is 11.5. The number of carbonyl (C=O) groups is 1. The van der Waals surface area contributed by atoms with Gasteiger partial charge in [0.05, 0.1) is 17.6 Å². The van der Waals surface area contributed by atoms with Crippen molar-refractivity contribution < 1.29 is 9.90 Å². The van der Waals surface area contributed by atoms with Crippen LogP contribution in [0.1, 0.15) is 37.7 Å². The quantitative estimate of drug-likeness (QED) is 0.894. The highest BCUT2D eigenvalue weighted by Gasteiger charge is 2.47. The molecule has 2 aliphatic rings. The van der Waals surface area contributed by atoms with E-state index < -0.39 is 6.10 Å². The van der Waals surface area contributed by atoms with Crippen molar-refractivity contribution >= 4 is 17.5 Å². The second kappa shape index (κ2) is 4.80. The Labute approximate surface area is 118 Å². The molecule has 2 unspecified atom stereocenters. The fourth-order valence-electron chi connectivity index (χ4n) is 2.97. The number of carbonyl (C=O) groups excluding carboxylic acids is 1. The molecule has 2 aliphatic carbocycles. The van der Waals surface area contributed by atoms with Crippen LogP contribution in [0.2, 0.25) is 5.02 Å². The summed E-state index contributed by atoms with van der Waals surface area (Å²) >= 11 is 6.01. The lowest BCUT2D eigenvalue weighted by Crippen LogP contribution is -2.41. The first-order valence-corrected chi connectivity index (χ1v) is 7.25. The average molecular weight is 280 g/mol. The van der Waals surface area contributed by atoms with Crippen LogP contribution < -0.4 is 5.32 Å². The number of rotatable bonds is 3. The Bertz CT molecular complexity index is 499. The Balaban J connectivity index is 1.74. The highest BCUT2D eigenvalue weighted by atomic mass is 35.5. The molecule has 0 saturated heterocycles. The van der Waals surface area contributed by atoms with Crippen LogP contribution in [0, 0.1) is 5.92 Å². The monoisotopic (exact) mass is 279 g/mol. The van der Waals surface area contributed by atoms with E-state index in [1.165, 1.54) is 0 Å². The average Bonchev–Trinajstić information content (AvgIpc) is 3.03. The van der Waals surface area contributed by atoms with E-state index in [1.54, 1.807) is 0 Å². The van der Waals surface area contributed by atoms with Crippen molar-refractivity contribution in [1.29, 1.82) is 0 Å². The molecule has 0 bridgehead atoms. The predicted molar refractivity (Wildman–Crippen MR) is 73.9 cm³/mol. The van der Waals surface area contributed by atoms with Gasteiger partial charge < -0.3 is 10.4 Å². The highest BCUT2D eigenvalue weighted by molar-refractivity contribution is 6.30. The molecular weight excluding hydrogens is 262 g/mol. The van der Waals surface area contributed by atoms with Crippen LogP contribution in [-0.2, 0) is 10.3 Å². The predicted octanol–water partition coefficient (Wildman–Crippen LogP) is 2.61. The van der Waals surface area contributed by atoms with E-state index in [9.17, 15) is 9.90 Å². The minimum atomic E-state index is -0.477. The molecule has 0 radical (unpaired) electrons. The van der Waals surface area contributed by atoms with Crippen LogP contribution in [-0.4, -0.2) is 17.1 Å². The van der Waals surface area contributed by atoms with Crippen LogP contribution in [0.25, 0.3) is 0 Å². The first-order chi connectivity index (χ1) is 9.11. The number of hydrogen-bond acceptors (Lipinski definition) is 2. The molecule has 2 saturated carbocycles. The molecule has 0 aromatic heterocycles. The van der Waals surface area contributed by atoms with Crippen molar-refractivity contribution in [2.45, 2.75) is 43.7 Å². The maximum atomic E-state index is 12.3. The van der Waals surface area contributed by atoms with E-state index in [4.69, 9.17) is 11.6 Å². The molecule has 2 fully saturated rings. The van der Waals surface area contributed by atoms with E-state index in [2.05, 4.69) is 5.32 Å². The van der Waals surface area contributed by atoms with Gasteiger partial charge in [0.1, 0.15) is 0 Å². The number of halogens is 1. The van der Waals surface area contributed by atoms with Gasteiger partial charge in [-0.15, -0.1) is 0 Å². The van der Waals surface area contributed by atoms with E-state index >= 15 is 0 Å². The summed E-state index contributed by atoms with van der Waals surface area (Å²) in [7, 11) is 0. The molecule has 3 rings (SSSR count). The number of hydrogen-bond donors (Lipinski definition) is 2. The number of aliphatic hydroxyl groups excluding tert-OH is 1. The lowest BCUT2D eigenvalue weighted by molar-refractivity contribution is -0.128. The molecule has 0 aliphatic heterocycles. The Morgan fingerprint density at radius 2 is 2.16 bits per heavy atom. The van der Waals surface area contributed by atoms with Gasteiger partial charge in [0.25, 0.3) is 0 Å². The van der Waals surface area contributed by atoms with Crippen LogP contribution in [0.4, 0.5) is 0 Å². The van der Waals surface area contributed by atoms with Crippen LogP contribution in [0.3, 0.4) is 0 Å². The molecular formula is C15H18ClNO2. The number of benzene rings is 1. The molecule has 19 heavy (non-hydrogen) atoms. The SMILES string of the molecule is O=C(NC1(c2cccc(Cl)c2)CC1)C1CCCC1O. The summed E-state index contributed by atoms with van der Waals surface area (Å²) in [4.78, 5) is 12.3. The zero-order valence-electron chi connectivity index (χ0n) is 10.7. The molecule has 2 N–H and O–H groups in total. The largest absolute Gasteiger partial charge is 0.392 e. The van der Waals surface area contributed by atoms with Gasteiger partial charge in [-0.2, -0.15) is 0 Å². The van der Waals surface area contributed by atoms with Gasteiger partial charge in [0.2, 0.25) is 5.91 Å². The van der Waals surface area contributed by atoms with Crippen molar-refractivity contribution in [2.24, 2.45) is 5.92 Å². The lowest BCUT2D eigenvalue weighted by Gasteiger charge is -2.22. The smallest absolute Gasteiger partial charge is 0.226 e. The van der Waals surface area contributed by atoms with Crippen LogP contribution >= 0.6 is 11.6 Å². The van der Waals surface area contributed by atoms with Gasteiger partial charge in [-0.25, -0.2) is 0 Å². The standard InChI is InChI=1S/C15H18ClNO2/c16-11-4-1-3-10(9-11)15(7-8-15)17-14(19)12-5-2-6-13(12)18/h1,3-4,9,12-13,18H,2,5-8H2,(H,17,19). The number of amides is 1. The van der Waals surface area contributed by atoms with Gasteiger partial charge in [-0.1, -0.05) is 23.7 Å². The number of nitrogens with one attached hydrogen (secondary N) is 1. The van der Waals surface area contributed by atoms with E-state index in [-0.39, 0.29) is 17.4 Å². The molecule has 0 heterocycles. The Kier molecular flexibility index (Phi) is 3.27. The van der Waals surface area contributed by atoms with Gasteiger partial charge in [-0.3, -0.25) is 4.79 Å². The second-order valence-corrected chi connectivity index (χ2v) is 6.12. The van der Waals surface area contributed by atoms with Crippen LogP contribution in [0.5, 0.6) is 0 Å². The van der Waals surface area contributed by atoms with Crippen molar-refractivity contribution in [3.05, 3.63) is 34.9 Å². The summed E-state index contributed by atoms with van der Waals surface area (Å²) in [6, 6.07) is 7.67. The van der Waals surface area contributed by atoms with Crippen molar-refractivity contribution in [2.75, 3.05) is 0 Å². The Morgan fingerprint density at radius 1 is 1.37 bits per heavy atom. The summed E-state index contributed by atoms with van der Waals surface area (Å²) in [5.74, 6) is -0.251. The molecule has 1 amide bonds. The second-order valence-electron chi connectivity index (χ2n) is 5.69. The first-order valence-electron chi connectivity index (χ1n) is 6.87. The molecule has 1 aromatic rings. The minimum absolute atomic E-state index is 0.0116. The third kappa shape index (κ3) is 2.49. The van der Waals surface area contributed by atoms with Gasteiger partial charge in [0.15, 0.2) is 0 Å². The van der Waals surface area contributed by atoms with E-state index in [1.807, 2.05) is 24.3 Å². The van der Waals surface area contributed by atoms with Gasteiger partial charge in [0, 0.05) is 5.02 Å². The molecule has 102 valence electrons. The maximum Gasteiger partial charge on any atom is 0.226 e. The summed E-state index contributed by atoms with van der Waals surface area (Å²) in [5.41, 5.74) is 0.824. The van der Waals surface area contributed by atoms with Gasteiger partial charge in [-0.05, 0) is 49.8 Å². The third-order valence-corrected chi connectivity index (χ3v) is 4.54. The highest BCUT2D eigenvalue weighted by Crippen LogP contribution is 2.46. The molecule has 2 atom stereocenters. The van der Waals surface area contributed by atoms with Crippen molar-refractivity contribution in [1.82, 2.24) is 5.32 Å². The summed E-state index contributed by atoms with van der Waals surface area (Å²) < 4.78 is 0. The summed E-state index contributed by atoms with van der Waals surface area (Å²) in [6.45, 7) is 0. The van der Waals surface area contributed by atoms with Crippen molar-refractivity contribution in [3.63, 3.8) is 0 Å². The molecule has 4 heteroatoms. The van der Waals surface area contributed by atoms with Gasteiger partial charge >= 0.3 is 0 Å². The lowest BCUT2D eigenvalue weighted by atomic mass is 10.0. The fourth-order valence-corrected chi connectivity index (χ4v) is 3.16. The Morgan fingerprint density at radius 3 is 2.74 bits per heavy atom. The topological polar surface area (TPSA) is 49.3 Å². The molecule has 3 nitrogen and oxygen atoms in total. The third-order valence-electron chi connectivity index (χ3n) is 4.31. The van der Waals surface area contributed by atoms with E-state index in [0.717, 1.165) is 37.7 Å². The van der Waals surface area contributed by atoms with Crippen molar-refractivity contribution in [3.8, 4) is 0 Å².